The largest absolute Gasteiger partial charge is 0.353 e. The fraction of sp³-hybridized carbons (Fsp3) is 0.458. The van der Waals surface area contributed by atoms with Gasteiger partial charge in [0.05, 0.1) is 6.61 Å². The fourth-order valence-electron chi connectivity index (χ4n) is 4.76. The number of nitrogens with one attached hydrogen (secondary N) is 1. The number of hydrogen-bond donors (Lipinski definition) is 1. The quantitative estimate of drug-likeness (QED) is 0.843. The molecule has 158 valence electrons. The second kappa shape index (κ2) is 8.56. The van der Waals surface area contributed by atoms with Crippen molar-refractivity contribution in [1.29, 1.82) is 0 Å². The molecule has 1 aliphatic carbocycles. The number of carbonyl (C=O) groups is 2. The molecule has 3 atom stereocenters. The molecule has 0 bridgehead atoms. The first-order valence-corrected chi connectivity index (χ1v) is 10.7. The lowest BCUT2D eigenvalue weighted by molar-refractivity contribution is -0.128. The van der Waals surface area contributed by atoms with Crippen molar-refractivity contribution in [2.75, 3.05) is 6.61 Å². The number of aryl methyl sites for hydroxylation is 1. The molecule has 1 saturated heterocycles. The minimum atomic E-state index is -0.699. The van der Waals surface area contributed by atoms with E-state index >= 15 is 0 Å². The van der Waals surface area contributed by atoms with E-state index in [0.29, 0.717) is 18.0 Å². The second-order valence-electron chi connectivity index (χ2n) is 8.54. The lowest BCUT2D eigenvalue weighted by Crippen LogP contribution is -2.57. The molecule has 1 aliphatic heterocycles. The van der Waals surface area contributed by atoms with Gasteiger partial charge in [-0.25, -0.2) is 0 Å². The van der Waals surface area contributed by atoms with E-state index in [2.05, 4.69) is 17.2 Å². The van der Waals surface area contributed by atoms with Gasteiger partial charge in [0.2, 0.25) is 5.91 Å². The van der Waals surface area contributed by atoms with Crippen LogP contribution in [-0.2, 0) is 16.1 Å². The van der Waals surface area contributed by atoms with E-state index in [9.17, 15) is 9.59 Å². The smallest absolute Gasteiger partial charge is 0.257 e. The van der Waals surface area contributed by atoms with Gasteiger partial charge in [-0.15, -0.1) is 0 Å². The summed E-state index contributed by atoms with van der Waals surface area (Å²) in [5, 5.41) is 2.98. The molecule has 1 N–H and O–H groups in total. The van der Waals surface area contributed by atoms with Gasteiger partial charge in [0.15, 0.2) is 0 Å². The molecule has 2 heterocycles. The van der Waals surface area contributed by atoms with Crippen LogP contribution in [0.3, 0.4) is 0 Å². The summed E-state index contributed by atoms with van der Waals surface area (Å²) in [4.78, 5) is 32.6. The SMILES string of the molecule is Cc1ccccc1C(=O)N1[C@H](C(=O)NCc2ccncc2)CO[C@]12CCC[C@H](C)C2. The Morgan fingerprint density at radius 1 is 1.23 bits per heavy atom. The summed E-state index contributed by atoms with van der Waals surface area (Å²) in [5.41, 5.74) is 1.81. The highest BCUT2D eigenvalue weighted by atomic mass is 16.5. The number of nitrogens with zero attached hydrogens (tertiary/aromatic N) is 2. The van der Waals surface area contributed by atoms with Crippen LogP contribution in [-0.4, -0.2) is 40.1 Å². The zero-order valence-electron chi connectivity index (χ0n) is 17.6. The number of benzene rings is 1. The van der Waals surface area contributed by atoms with Crippen LogP contribution < -0.4 is 5.32 Å². The van der Waals surface area contributed by atoms with Gasteiger partial charge in [-0.3, -0.25) is 19.5 Å². The van der Waals surface area contributed by atoms with Gasteiger partial charge >= 0.3 is 0 Å². The van der Waals surface area contributed by atoms with Crippen LogP contribution in [0, 0.1) is 12.8 Å². The molecule has 0 radical (unpaired) electrons. The molecule has 6 nitrogen and oxygen atoms in total. The fourth-order valence-corrected chi connectivity index (χ4v) is 4.76. The monoisotopic (exact) mass is 407 g/mol. The summed E-state index contributed by atoms with van der Waals surface area (Å²) >= 11 is 0. The summed E-state index contributed by atoms with van der Waals surface area (Å²) in [6.07, 6.45) is 7.04. The summed E-state index contributed by atoms with van der Waals surface area (Å²) in [7, 11) is 0. The molecule has 2 fully saturated rings. The highest BCUT2D eigenvalue weighted by Gasteiger charge is 2.54. The molecule has 4 rings (SSSR count). The van der Waals surface area contributed by atoms with Crippen molar-refractivity contribution in [2.24, 2.45) is 5.92 Å². The topological polar surface area (TPSA) is 71.5 Å². The number of amides is 2. The Balaban J connectivity index is 1.61. The minimum Gasteiger partial charge on any atom is -0.353 e. The third kappa shape index (κ3) is 3.97. The number of pyridine rings is 1. The first-order valence-electron chi connectivity index (χ1n) is 10.7. The highest BCUT2D eigenvalue weighted by Crippen LogP contribution is 2.43. The third-order valence-corrected chi connectivity index (χ3v) is 6.31. The lowest BCUT2D eigenvalue weighted by atomic mass is 9.82. The van der Waals surface area contributed by atoms with E-state index in [1.54, 1.807) is 17.3 Å². The van der Waals surface area contributed by atoms with Crippen molar-refractivity contribution in [3.05, 3.63) is 65.5 Å². The van der Waals surface area contributed by atoms with Gasteiger partial charge in [0.1, 0.15) is 11.8 Å². The maximum absolute atomic E-state index is 13.7. The average molecular weight is 408 g/mol. The van der Waals surface area contributed by atoms with Gasteiger partial charge in [-0.2, -0.15) is 0 Å². The maximum atomic E-state index is 13.7. The maximum Gasteiger partial charge on any atom is 0.257 e. The van der Waals surface area contributed by atoms with Gasteiger partial charge in [-0.05, 0) is 61.4 Å². The zero-order valence-corrected chi connectivity index (χ0v) is 17.6. The van der Waals surface area contributed by atoms with Crippen molar-refractivity contribution in [3.63, 3.8) is 0 Å². The summed E-state index contributed by atoms with van der Waals surface area (Å²) in [6, 6.07) is 10.7. The third-order valence-electron chi connectivity index (χ3n) is 6.31. The Kier molecular flexibility index (Phi) is 5.86. The van der Waals surface area contributed by atoms with E-state index in [4.69, 9.17) is 4.74 Å². The first-order chi connectivity index (χ1) is 14.5. The summed E-state index contributed by atoms with van der Waals surface area (Å²) < 4.78 is 6.27. The van der Waals surface area contributed by atoms with Crippen LogP contribution >= 0.6 is 0 Å². The molecule has 2 amide bonds. The molecule has 1 saturated carbocycles. The van der Waals surface area contributed by atoms with Crippen LogP contribution in [0.2, 0.25) is 0 Å². The predicted molar refractivity (Wildman–Crippen MR) is 114 cm³/mol. The van der Waals surface area contributed by atoms with Crippen molar-refractivity contribution < 1.29 is 14.3 Å². The van der Waals surface area contributed by atoms with E-state index in [0.717, 1.165) is 36.8 Å². The highest BCUT2D eigenvalue weighted by molar-refractivity contribution is 5.99. The molecule has 2 aliphatic rings. The Hall–Kier alpha value is -2.73. The van der Waals surface area contributed by atoms with Crippen LogP contribution in [0.4, 0.5) is 0 Å². The van der Waals surface area contributed by atoms with Crippen LogP contribution in [0.1, 0.15) is 54.1 Å². The van der Waals surface area contributed by atoms with E-state index < -0.39 is 11.8 Å². The van der Waals surface area contributed by atoms with Gasteiger partial charge in [-0.1, -0.05) is 31.5 Å². The van der Waals surface area contributed by atoms with E-state index in [1.165, 1.54) is 0 Å². The molecule has 1 aromatic heterocycles. The van der Waals surface area contributed by atoms with Gasteiger partial charge in [0, 0.05) is 24.5 Å². The lowest BCUT2D eigenvalue weighted by Gasteiger charge is -2.43. The Morgan fingerprint density at radius 3 is 2.73 bits per heavy atom. The molecule has 30 heavy (non-hydrogen) atoms. The van der Waals surface area contributed by atoms with E-state index in [-0.39, 0.29) is 18.4 Å². The molecule has 6 heteroatoms. The van der Waals surface area contributed by atoms with Gasteiger partial charge in [0.25, 0.3) is 5.91 Å². The molecule has 1 aromatic carbocycles. The van der Waals surface area contributed by atoms with Crippen molar-refractivity contribution >= 4 is 11.8 Å². The van der Waals surface area contributed by atoms with Crippen molar-refractivity contribution in [1.82, 2.24) is 15.2 Å². The van der Waals surface area contributed by atoms with Crippen LogP contribution in [0.15, 0.2) is 48.8 Å². The van der Waals surface area contributed by atoms with E-state index in [1.807, 2.05) is 43.3 Å². The molecule has 0 unspecified atom stereocenters. The summed E-state index contributed by atoms with van der Waals surface area (Å²) in [6.45, 7) is 4.75. The summed E-state index contributed by atoms with van der Waals surface area (Å²) in [5.74, 6) is 0.150. The Labute approximate surface area is 177 Å². The van der Waals surface area contributed by atoms with Crippen LogP contribution in [0.25, 0.3) is 0 Å². The predicted octanol–water partition coefficient (Wildman–Crippen LogP) is 3.45. The number of carbonyl (C=O) groups excluding carboxylic acids is 2. The average Bonchev–Trinajstić information content (AvgIpc) is 3.10. The van der Waals surface area contributed by atoms with Crippen molar-refractivity contribution in [3.8, 4) is 0 Å². The standard InChI is InChI=1S/C24H29N3O3/c1-17-6-5-11-24(14-17)27(23(29)20-8-4-3-7-18(20)2)21(16-30-24)22(28)26-15-19-9-12-25-13-10-19/h3-4,7-10,12-13,17,21H,5-6,11,14-16H2,1-2H3,(H,26,28)/t17-,21-,24-/m0/s1. The first kappa shape index (κ1) is 20.5. The van der Waals surface area contributed by atoms with Crippen LogP contribution in [0.5, 0.6) is 0 Å². The Morgan fingerprint density at radius 2 is 2.00 bits per heavy atom. The number of ether oxygens (including phenoxy) is 1. The molecule has 2 aromatic rings. The Bertz CT molecular complexity index is 917. The normalized spacial score (nSPS) is 26.0. The number of hydrogen-bond acceptors (Lipinski definition) is 4. The number of aromatic nitrogens is 1. The zero-order chi connectivity index (χ0) is 21.1. The van der Waals surface area contributed by atoms with Crippen molar-refractivity contribution in [2.45, 2.75) is 57.8 Å². The van der Waals surface area contributed by atoms with Gasteiger partial charge < -0.3 is 10.1 Å². The number of rotatable bonds is 4. The minimum absolute atomic E-state index is 0.122. The molecule has 1 spiro atoms. The molecular formula is C24H29N3O3. The molecular weight excluding hydrogens is 378 g/mol. The second-order valence-corrected chi connectivity index (χ2v) is 8.54.